The average molecular weight is 457 g/mol. The molecule has 2 aliphatic heterocycles. The Kier molecular flexibility index (Phi) is 5.66. The van der Waals surface area contributed by atoms with E-state index in [0.29, 0.717) is 22.4 Å². The van der Waals surface area contributed by atoms with Gasteiger partial charge in [-0.1, -0.05) is 54.2 Å². The van der Waals surface area contributed by atoms with Crippen LogP contribution in [0.25, 0.3) is 0 Å². The topological polar surface area (TPSA) is 83.4 Å². The maximum atomic E-state index is 13.4. The van der Waals surface area contributed by atoms with Crippen molar-refractivity contribution in [2.24, 2.45) is 9.98 Å². The third kappa shape index (κ3) is 4.12. The standard InChI is InChI=1S/C25H20N4O3S/c1-32-18-13-11-17(12-14-18)26-21(30)15-33-25-27-20-10-6-5-9-19(20)23-28-22(24(31)29(23)25)16-7-3-2-4-8-16/h2-14,22H,15H2,1H3,(H,26,30)/t22-/m1/s1. The first-order chi connectivity index (χ1) is 16.1. The minimum atomic E-state index is -0.633. The molecular formula is C25H20N4O3S. The second-order valence-electron chi connectivity index (χ2n) is 7.42. The molecule has 5 rings (SSSR count). The lowest BCUT2D eigenvalue weighted by atomic mass is 10.1. The molecular weight excluding hydrogens is 436 g/mol. The number of carbonyl (C=O) groups is 2. The molecule has 1 N–H and O–H groups in total. The number of benzene rings is 3. The second kappa shape index (κ2) is 8.91. The maximum absolute atomic E-state index is 13.4. The van der Waals surface area contributed by atoms with E-state index in [9.17, 15) is 9.59 Å². The summed E-state index contributed by atoms with van der Waals surface area (Å²) in [6.45, 7) is 0. The summed E-state index contributed by atoms with van der Waals surface area (Å²) in [5.74, 6) is 1.01. The average Bonchev–Trinajstić information content (AvgIpc) is 3.21. The molecule has 33 heavy (non-hydrogen) atoms. The van der Waals surface area contributed by atoms with E-state index in [1.807, 2.05) is 54.6 Å². The third-order valence-electron chi connectivity index (χ3n) is 5.29. The summed E-state index contributed by atoms with van der Waals surface area (Å²) >= 11 is 1.21. The molecule has 0 radical (unpaired) electrons. The van der Waals surface area contributed by atoms with Gasteiger partial charge >= 0.3 is 0 Å². The van der Waals surface area contributed by atoms with Crippen LogP contribution in [0.3, 0.4) is 0 Å². The number of ether oxygens (including phenoxy) is 1. The number of amidine groups is 2. The fraction of sp³-hybridized carbons (Fsp3) is 0.120. The van der Waals surface area contributed by atoms with Crippen molar-refractivity contribution in [1.82, 2.24) is 4.90 Å². The smallest absolute Gasteiger partial charge is 0.263 e. The molecule has 2 heterocycles. The zero-order valence-corrected chi connectivity index (χ0v) is 18.6. The van der Waals surface area contributed by atoms with Gasteiger partial charge in [-0.15, -0.1) is 0 Å². The monoisotopic (exact) mass is 456 g/mol. The Morgan fingerprint density at radius 2 is 1.76 bits per heavy atom. The highest BCUT2D eigenvalue weighted by atomic mass is 32.2. The number of nitrogens with zero attached hydrogens (tertiary/aromatic N) is 3. The molecule has 1 atom stereocenters. The SMILES string of the molecule is COc1ccc(NC(=O)CSC2=Nc3ccccc3C3=N[C@H](c4ccccc4)C(=O)N23)cc1. The number of methoxy groups -OCH3 is 1. The van der Waals surface area contributed by atoms with Gasteiger partial charge in [0, 0.05) is 11.3 Å². The van der Waals surface area contributed by atoms with E-state index in [0.717, 1.165) is 16.8 Å². The van der Waals surface area contributed by atoms with Crippen molar-refractivity contribution in [3.05, 3.63) is 90.0 Å². The van der Waals surface area contributed by atoms with E-state index in [2.05, 4.69) is 10.3 Å². The van der Waals surface area contributed by atoms with Crippen LogP contribution in [0.5, 0.6) is 5.75 Å². The van der Waals surface area contributed by atoms with Crippen molar-refractivity contribution in [2.75, 3.05) is 18.2 Å². The van der Waals surface area contributed by atoms with E-state index in [1.165, 1.54) is 16.7 Å². The number of amides is 2. The molecule has 7 nitrogen and oxygen atoms in total. The number of hydrogen-bond acceptors (Lipinski definition) is 6. The van der Waals surface area contributed by atoms with Crippen molar-refractivity contribution >= 4 is 46.0 Å². The summed E-state index contributed by atoms with van der Waals surface area (Å²) in [5.41, 5.74) is 3.02. The molecule has 0 spiro atoms. The van der Waals surface area contributed by atoms with Crippen LogP contribution in [0.2, 0.25) is 0 Å². The van der Waals surface area contributed by atoms with Gasteiger partial charge in [-0.25, -0.2) is 14.9 Å². The van der Waals surface area contributed by atoms with E-state index >= 15 is 0 Å². The number of aliphatic imine (C=N–C) groups is 2. The Balaban J connectivity index is 1.37. The van der Waals surface area contributed by atoms with Crippen molar-refractivity contribution < 1.29 is 14.3 Å². The van der Waals surface area contributed by atoms with Gasteiger partial charge in [0.05, 0.1) is 18.6 Å². The number of hydrogen-bond donors (Lipinski definition) is 1. The number of anilines is 1. The van der Waals surface area contributed by atoms with Gasteiger partial charge in [-0.2, -0.15) is 0 Å². The third-order valence-corrected chi connectivity index (χ3v) is 6.23. The molecule has 0 unspecified atom stereocenters. The molecule has 8 heteroatoms. The number of fused-ring (bicyclic) bond motifs is 3. The van der Waals surface area contributed by atoms with Gasteiger partial charge < -0.3 is 10.1 Å². The molecule has 0 fully saturated rings. The van der Waals surface area contributed by atoms with Gasteiger partial charge in [0.15, 0.2) is 11.2 Å². The quantitative estimate of drug-likeness (QED) is 0.617. The summed E-state index contributed by atoms with van der Waals surface area (Å²) in [6.07, 6.45) is 0. The lowest BCUT2D eigenvalue weighted by Crippen LogP contribution is -2.40. The van der Waals surface area contributed by atoms with Crippen LogP contribution in [0.4, 0.5) is 11.4 Å². The first-order valence-corrected chi connectivity index (χ1v) is 11.3. The molecule has 164 valence electrons. The Labute approximate surface area is 195 Å². The zero-order chi connectivity index (χ0) is 22.8. The number of nitrogens with one attached hydrogen (secondary N) is 1. The van der Waals surface area contributed by atoms with Crippen LogP contribution in [0.15, 0.2) is 88.8 Å². The molecule has 3 aromatic rings. The summed E-state index contributed by atoms with van der Waals surface area (Å²) < 4.78 is 5.14. The van der Waals surface area contributed by atoms with Gasteiger partial charge in [0.2, 0.25) is 5.91 Å². The normalized spacial score (nSPS) is 16.5. The fourth-order valence-corrected chi connectivity index (χ4v) is 4.50. The molecule has 0 aromatic heterocycles. The second-order valence-corrected chi connectivity index (χ2v) is 8.36. The highest BCUT2D eigenvalue weighted by Gasteiger charge is 2.42. The van der Waals surface area contributed by atoms with Crippen molar-refractivity contribution in [3.63, 3.8) is 0 Å². The zero-order valence-electron chi connectivity index (χ0n) is 17.8. The van der Waals surface area contributed by atoms with E-state index in [1.54, 1.807) is 31.4 Å². The van der Waals surface area contributed by atoms with Crippen molar-refractivity contribution in [2.45, 2.75) is 6.04 Å². The minimum Gasteiger partial charge on any atom is -0.497 e. The predicted molar refractivity (Wildman–Crippen MR) is 130 cm³/mol. The Morgan fingerprint density at radius 1 is 1.03 bits per heavy atom. The number of thioether (sulfide) groups is 1. The maximum Gasteiger partial charge on any atom is 0.263 e. The Hall–Kier alpha value is -3.91. The first kappa shape index (κ1) is 21.0. The number of carbonyl (C=O) groups excluding carboxylic acids is 2. The lowest BCUT2D eigenvalue weighted by Gasteiger charge is -2.25. The Bertz CT molecular complexity index is 1270. The van der Waals surface area contributed by atoms with E-state index in [-0.39, 0.29) is 17.6 Å². The van der Waals surface area contributed by atoms with Crippen molar-refractivity contribution in [3.8, 4) is 5.75 Å². The van der Waals surface area contributed by atoms with Gasteiger partial charge in [0.1, 0.15) is 11.6 Å². The highest BCUT2D eigenvalue weighted by molar-refractivity contribution is 8.14. The summed E-state index contributed by atoms with van der Waals surface area (Å²) in [7, 11) is 1.59. The van der Waals surface area contributed by atoms with Crippen LogP contribution in [-0.4, -0.2) is 40.6 Å². The van der Waals surface area contributed by atoms with E-state index < -0.39 is 6.04 Å². The fourth-order valence-electron chi connectivity index (χ4n) is 3.70. The van der Waals surface area contributed by atoms with Crippen LogP contribution < -0.4 is 10.1 Å². The van der Waals surface area contributed by atoms with Crippen LogP contribution in [0.1, 0.15) is 17.2 Å². The predicted octanol–water partition coefficient (Wildman–Crippen LogP) is 4.40. The van der Waals surface area contributed by atoms with Crippen molar-refractivity contribution in [1.29, 1.82) is 0 Å². The lowest BCUT2D eigenvalue weighted by molar-refractivity contribution is -0.124. The largest absolute Gasteiger partial charge is 0.497 e. The molecule has 0 bridgehead atoms. The van der Waals surface area contributed by atoms with Gasteiger partial charge in [-0.05, 0) is 42.0 Å². The minimum absolute atomic E-state index is 0.0973. The van der Waals surface area contributed by atoms with Gasteiger partial charge in [-0.3, -0.25) is 9.59 Å². The molecule has 3 aromatic carbocycles. The summed E-state index contributed by atoms with van der Waals surface area (Å²) in [4.78, 5) is 36.9. The van der Waals surface area contributed by atoms with Crippen LogP contribution >= 0.6 is 11.8 Å². The first-order valence-electron chi connectivity index (χ1n) is 10.4. The molecule has 2 amide bonds. The van der Waals surface area contributed by atoms with Crippen LogP contribution in [-0.2, 0) is 9.59 Å². The van der Waals surface area contributed by atoms with Crippen LogP contribution in [0, 0.1) is 0 Å². The summed E-state index contributed by atoms with van der Waals surface area (Å²) in [5, 5.41) is 3.30. The molecule has 0 saturated carbocycles. The number of para-hydroxylation sites is 1. The van der Waals surface area contributed by atoms with E-state index in [4.69, 9.17) is 9.73 Å². The Morgan fingerprint density at radius 3 is 2.52 bits per heavy atom. The summed E-state index contributed by atoms with van der Waals surface area (Å²) in [6, 6.07) is 23.5. The molecule has 0 saturated heterocycles. The number of rotatable bonds is 5. The highest BCUT2D eigenvalue weighted by Crippen LogP contribution is 2.37. The molecule has 2 aliphatic rings. The molecule has 0 aliphatic carbocycles. The van der Waals surface area contributed by atoms with Gasteiger partial charge in [0.25, 0.3) is 5.91 Å².